The smallest absolute Gasteiger partial charge is 0.261 e. The third-order valence-corrected chi connectivity index (χ3v) is 4.95. The minimum absolute atomic E-state index is 0.0225. The minimum atomic E-state index is -3.65. The highest BCUT2D eigenvalue weighted by Crippen LogP contribution is 2.24. The molecule has 0 atom stereocenters. The van der Waals surface area contributed by atoms with Gasteiger partial charge in [-0.1, -0.05) is 32.9 Å². The van der Waals surface area contributed by atoms with Crippen LogP contribution in [0.15, 0.2) is 47.8 Å². The van der Waals surface area contributed by atoms with Crippen LogP contribution in [0.4, 0.5) is 5.69 Å². The molecule has 0 saturated carbocycles. The summed E-state index contributed by atoms with van der Waals surface area (Å²) in [5.74, 6) is 0. The Labute approximate surface area is 135 Å². The van der Waals surface area contributed by atoms with Crippen molar-refractivity contribution in [1.82, 2.24) is 15.0 Å². The average molecular weight is 330 g/mol. The zero-order chi connectivity index (χ0) is 16.7. The minimum Gasteiger partial charge on any atom is -0.343 e. The number of benzene rings is 1. The van der Waals surface area contributed by atoms with Gasteiger partial charge in [-0.05, 0) is 29.2 Å². The van der Waals surface area contributed by atoms with E-state index in [1.165, 1.54) is 12.5 Å². The number of H-pyrrole nitrogens is 1. The quantitative estimate of drug-likeness (QED) is 0.772. The monoisotopic (exact) mass is 330 g/mol. The van der Waals surface area contributed by atoms with Gasteiger partial charge in [-0.15, -0.1) is 0 Å². The van der Waals surface area contributed by atoms with Gasteiger partial charge in [0.1, 0.15) is 0 Å². The van der Waals surface area contributed by atoms with Gasteiger partial charge in [0, 0.05) is 0 Å². The van der Waals surface area contributed by atoms with Gasteiger partial charge >= 0.3 is 0 Å². The van der Waals surface area contributed by atoms with Crippen LogP contribution in [-0.4, -0.2) is 23.4 Å². The molecule has 0 spiro atoms. The Hall–Kier alpha value is -2.41. The van der Waals surface area contributed by atoms with E-state index in [2.05, 4.69) is 40.4 Å². The Morgan fingerprint density at radius 3 is 2.43 bits per heavy atom. The molecule has 0 saturated heterocycles. The first-order valence-corrected chi connectivity index (χ1v) is 8.66. The van der Waals surface area contributed by atoms with Crippen LogP contribution in [0.2, 0.25) is 0 Å². The maximum Gasteiger partial charge on any atom is 0.261 e. The van der Waals surface area contributed by atoms with Gasteiger partial charge in [-0.3, -0.25) is 4.72 Å². The second kappa shape index (κ2) is 5.34. The summed E-state index contributed by atoms with van der Waals surface area (Å²) in [7, 11) is -3.65. The molecule has 120 valence electrons. The van der Waals surface area contributed by atoms with Gasteiger partial charge in [0.25, 0.3) is 10.0 Å². The summed E-state index contributed by atoms with van der Waals surface area (Å²) in [6.45, 7) is 6.25. The summed E-state index contributed by atoms with van der Waals surface area (Å²) in [4.78, 5) is 11.2. The van der Waals surface area contributed by atoms with Gasteiger partial charge in [-0.2, -0.15) is 0 Å². The first kappa shape index (κ1) is 15.5. The number of aromatic amines is 1. The van der Waals surface area contributed by atoms with Crippen molar-refractivity contribution >= 4 is 26.9 Å². The Kier molecular flexibility index (Phi) is 3.60. The van der Waals surface area contributed by atoms with Crippen LogP contribution in [0.5, 0.6) is 0 Å². The van der Waals surface area contributed by atoms with Crippen LogP contribution in [0.3, 0.4) is 0 Å². The fourth-order valence-electron chi connectivity index (χ4n) is 2.23. The number of hydrogen-bond acceptors (Lipinski definition) is 4. The summed E-state index contributed by atoms with van der Waals surface area (Å²) in [5.41, 5.74) is 2.67. The summed E-state index contributed by atoms with van der Waals surface area (Å²) >= 11 is 0. The maximum absolute atomic E-state index is 12.5. The molecule has 3 rings (SSSR count). The number of imidazole rings is 1. The fraction of sp³-hybridized carbons (Fsp3) is 0.250. The molecule has 0 bridgehead atoms. The van der Waals surface area contributed by atoms with E-state index in [4.69, 9.17) is 0 Å². The van der Waals surface area contributed by atoms with Crippen LogP contribution in [0.1, 0.15) is 26.3 Å². The van der Waals surface area contributed by atoms with Crippen molar-refractivity contribution in [3.8, 4) is 0 Å². The van der Waals surface area contributed by atoms with Crippen molar-refractivity contribution < 1.29 is 8.42 Å². The fourth-order valence-corrected chi connectivity index (χ4v) is 3.27. The normalized spacial score (nSPS) is 12.5. The van der Waals surface area contributed by atoms with E-state index in [0.29, 0.717) is 16.9 Å². The molecule has 2 heterocycles. The summed E-state index contributed by atoms with van der Waals surface area (Å²) in [5, 5.41) is 0. The zero-order valence-corrected chi connectivity index (χ0v) is 14.0. The molecule has 0 aliphatic carbocycles. The number of fused-ring (bicyclic) bond motifs is 1. The Morgan fingerprint density at radius 2 is 1.78 bits per heavy atom. The number of sulfonamides is 1. The molecule has 2 N–H and O–H groups in total. The van der Waals surface area contributed by atoms with Gasteiger partial charge in [0.05, 0.1) is 28.6 Å². The molecule has 23 heavy (non-hydrogen) atoms. The largest absolute Gasteiger partial charge is 0.343 e. The van der Waals surface area contributed by atoms with E-state index in [0.717, 1.165) is 5.56 Å². The molecule has 7 heteroatoms. The van der Waals surface area contributed by atoms with Gasteiger partial charge < -0.3 is 4.98 Å². The number of aromatic nitrogens is 3. The zero-order valence-electron chi connectivity index (χ0n) is 13.2. The number of pyridine rings is 1. The predicted molar refractivity (Wildman–Crippen MR) is 89.8 cm³/mol. The van der Waals surface area contributed by atoms with Crippen molar-refractivity contribution in [3.05, 3.63) is 48.4 Å². The van der Waals surface area contributed by atoms with Crippen molar-refractivity contribution in [3.63, 3.8) is 0 Å². The molecular formula is C16H18N4O2S. The van der Waals surface area contributed by atoms with Gasteiger partial charge in [-0.25, -0.2) is 18.4 Å². The van der Waals surface area contributed by atoms with Gasteiger partial charge in [0.15, 0.2) is 5.65 Å². The SMILES string of the molecule is CC(C)(C)c1ccc(S(=O)(=O)Nc2cnc3nc[nH]c3c2)cc1. The van der Waals surface area contributed by atoms with Crippen molar-refractivity contribution in [2.45, 2.75) is 31.1 Å². The van der Waals surface area contributed by atoms with Gasteiger partial charge in [0.2, 0.25) is 0 Å². The third kappa shape index (κ3) is 3.19. The molecule has 0 aliphatic rings. The average Bonchev–Trinajstić information content (AvgIpc) is 2.93. The summed E-state index contributed by atoms with van der Waals surface area (Å²) < 4.78 is 27.5. The van der Waals surface area contributed by atoms with E-state index in [1.54, 1.807) is 18.2 Å². The van der Waals surface area contributed by atoms with Crippen molar-refractivity contribution in [2.75, 3.05) is 4.72 Å². The first-order chi connectivity index (χ1) is 10.8. The molecule has 0 amide bonds. The van der Waals surface area contributed by atoms with Crippen LogP contribution >= 0.6 is 0 Å². The number of anilines is 1. The number of nitrogens with zero attached hydrogens (tertiary/aromatic N) is 2. The van der Waals surface area contributed by atoms with Crippen LogP contribution < -0.4 is 4.72 Å². The predicted octanol–water partition coefficient (Wildman–Crippen LogP) is 3.06. The lowest BCUT2D eigenvalue weighted by Gasteiger charge is -2.19. The molecule has 6 nitrogen and oxygen atoms in total. The molecule has 0 unspecified atom stereocenters. The van der Waals surface area contributed by atoms with E-state index in [1.807, 2.05) is 12.1 Å². The molecule has 3 aromatic rings. The molecular weight excluding hydrogens is 312 g/mol. The van der Waals surface area contributed by atoms with Crippen LogP contribution in [-0.2, 0) is 15.4 Å². The molecule has 0 fully saturated rings. The molecule has 0 radical (unpaired) electrons. The summed E-state index contributed by atoms with van der Waals surface area (Å²) in [6, 6.07) is 8.57. The van der Waals surface area contributed by atoms with E-state index in [-0.39, 0.29) is 10.3 Å². The van der Waals surface area contributed by atoms with E-state index in [9.17, 15) is 8.42 Å². The Morgan fingerprint density at radius 1 is 1.09 bits per heavy atom. The number of hydrogen-bond donors (Lipinski definition) is 2. The van der Waals surface area contributed by atoms with Crippen LogP contribution in [0.25, 0.3) is 11.2 Å². The number of nitrogens with one attached hydrogen (secondary N) is 2. The van der Waals surface area contributed by atoms with Crippen molar-refractivity contribution in [2.24, 2.45) is 0 Å². The van der Waals surface area contributed by atoms with E-state index < -0.39 is 10.0 Å². The highest BCUT2D eigenvalue weighted by molar-refractivity contribution is 7.92. The Balaban J connectivity index is 1.88. The second-order valence-electron chi connectivity index (χ2n) is 6.38. The third-order valence-electron chi connectivity index (χ3n) is 3.56. The summed E-state index contributed by atoms with van der Waals surface area (Å²) in [6.07, 6.45) is 2.96. The topological polar surface area (TPSA) is 87.7 Å². The van der Waals surface area contributed by atoms with Crippen molar-refractivity contribution in [1.29, 1.82) is 0 Å². The van der Waals surface area contributed by atoms with Crippen LogP contribution in [0, 0.1) is 0 Å². The van der Waals surface area contributed by atoms with E-state index >= 15 is 0 Å². The highest BCUT2D eigenvalue weighted by Gasteiger charge is 2.18. The molecule has 2 aromatic heterocycles. The molecule has 0 aliphatic heterocycles. The maximum atomic E-state index is 12.5. The Bertz CT molecular complexity index is 938. The first-order valence-electron chi connectivity index (χ1n) is 7.18. The second-order valence-corrected chi connectivity index (χ2v) is 8.06. The lowest BCUT2D eigenvalue weighted by Crippen LogP contribution is -2.15. The lowest BCUT2D eigenvalue weighted by atomic mass is 9.87. The highest BCUT2D eigenvalue weighted by atomic mass is 32.2. The standard InChI is InChI=1S/C16H18N4O2S/c1-16(2,3)11-4-6-13(7-5-11)23(21,22)20-12-8-14-15(17-9-12)19-10-18-14/h4-10,20H,1-3H3,(H,17,18,19). The number of rotatable bonds is 3. The lowest BCUT2D eigenvalue weighted by molar-refractivity contribution is 0.587. The molecule has 1 aromatic carbocycles.